The minimum absolute atomic E-state index is 0.133. The number of halogens is 2. The number of aryl methyl sites for hydroxylation is 1. The van der Waals surface area contributed by atoms with E-state index in [9.17, 15) is 9.18 Å². The SMILES string of the molecule is CCC(c1nnnn1Cc1ccc(F)cc1)N(Cc1ccccc1Cl)Cc1cc2cc(C)ccc2[nH]c1=O. The number of fused-ring (bicyclic) bond motifs is 1. The smallest absolute Gasteiger partial charge is 0.252 e. The van der Waals surface area contributed by atoms with Gasteiger partial charge in [-0.25, -0.2) is 9.07 Å². The second-order valence-electron chi connectivity index (χ2n) is 9.46. The number of aromatic amines is 1. The summed E-state index contributed by atoms with van der Waals surface area (Å²) in [5.41, 5.74) is 4.26. The number of nitrogens with zero attached hydrogens (tertiary/aromatic N) is 5. The first-order chi connectivity index (χ1) is 18.4. The van der Waals surface area contributed by atoms with E-state index in [1.165, 1.54) is 12.1 Å². The lowest BCUT2D eigenvalue weighted by atomic mass is 10.1. The molecule has 0 fully saturated rings. The van der Waals surface area contributed by atoms with Crippen molar-refractivity contribution in [1.82, 2.24) is 30.1 Å². The zero-order valence-electron chi connectivity index (χ0n) is 21.2. The molecule has 0 saturated carbocycles. The molecule has 5 aromatic rings. The van der Waals surface area contributed by atoms with Crippen molar-refractivity contribution in [2.75, 3.05) is 0 Å². The van der Waals surface area contributed by atoms with Crippen molar-refractivity contribution in [3.05, 3.63) is 122 Å². The van der Waals surface area contributed by atoms with Gasteiger partial charge in [0.2, 0.25) is 0 Å². The quantitative estimate of drug-likeness (QED) is 0.260. The van der Waals surface area contributed by atoms with Crippen molar-refractivity contribution in [2.45, 2.75) is 45.9 Å². The highest BCUT2D eigenvalue weighted by Gasteiger charge is 2.26. The first kappa shape index (κ1) is 25.8. The number of hydrogen-bond acceptors (Lipinski definition) is 5. The molecule has 2 aromatic heterocycles. The third-order valence-electron chi connectivity index (χ3n) is 6.71. The van der Waals surface area contributed by atoms with Crippen LogP contribution in [0.2, 0.25) is 5.02 Å². The summed E-state index contributed by atoms with van der Waals surface area (Å²) in [5, 5.41) is 14.2. The van der Waals surface area contributed by atoms with Crippen LogP contribution in [0.4, 0.5) is 4.39 Å². The highest BCUT2D eigenvalue weighted by molar-refractivity contribution is 6.31. The molecule has 3 aromatic carbocycles. The van der Waals surface area contributed by atoms with Gasteiger partial charge in [-0.1, -0.05) is 60.5 Å². The largest absolute Gasteiger partial charge is 0.322 e. The Morgan fingerprint density at radius 1 is 1.03 bits per heavy atom. The average molecular weight is 531 g/mol. The lowest BCUT2D eigenvalue weighted by molar-refractivity contribution is 0.161. The van der Waals surface area contributed by atoms with Crippen molar-refractivity contribution in [3.8, 4) is 0 Å². The predicted molar refractivity (Wildman–Crippen MR) is 146 cm³/mol. The van der Waals surface area contributed by atoms with Crippen LogP contribution in [-0.2, 0) is 19.6 Å². The molecule has 0 aliphatic rings. The van der Waals surface area contributed by atoms with Crippen molar-refractivity contribution in [3.63, 3.8) is 0 Å². The molecule has 1 N–H and O–H groups in total. The Balaban J connectivity index is 1.53. The lowest BCUT2D eigenvalue weighted by Crippen LogP contribution is -2.32. The average Bonchev–Trinajstić information content (AvgIpc) is 3.35. The van der Waals surface area contributed by atoms with Gasteiger partial charge in [-0.15, -0.1) is 5.10 Å². The second kappa shape index (κ2) is 11.2. The van der Waals surface area contributed by atoms with E-state index >= 15 is 0 Å². The summed E-state index contributed by atoms with van der Waals surface area (Å²) >= 11 is 6.55. The molecule has 0 amide bonds. The molecule has 194 valence electrons. The Bertz CT molecular complexity index is 1610. The van der Waals surface area contributed by atoms with Crippen LogP contribution in [-0.4, -0.2) is 30.1 Å². The van der Waals surface area contributed by atoms with Crippen LogP contribution >= 0.6 is 11.6 Å². The number of benzene rings is 3. The fourth-order valence-electron chi connectivity index (χ4n) is 4.76. The second-order valence-corrected chi connectivity index (χ2v) is 9.86. The molecule has 2 heterocycles. The lowest BCUT2D eigenvalue weighted by Gasteiger charge is -2.30. The fourth-order valence-corrected chi connectivity index (χ4v) is 4.95. The number of tetrazole rings is 1. The van der Waals surface area contributed by atoms with Gasteiger partial charge in [0, 0.05) is 29.2 Å². The number of H-pyrrole nitrogens is 1. The van der Waals surface area contributed by atoms with Crippen LogP contribution in [0.5, 0.6) is 0 Å². The minimum Gasteiger partial charge on any atom is -0.322 e. The Kier molecular flexibility index (Phi) is 7.62. The molecule has 0 radical (unpaired) electrons. The van der Waals surface area contributed by atoms with E-state index in [0.29, 0.717) is 42.5 Å². The molecular weight excluding hydrogens is 503 g/mol. The summed E-state index contributed by atoms with van der Waals surface area (Å²) in [5.74, 6) is 0.371. The number of rotatable bonds is 9. The van der Waals surface area contributed by atoms with Gasteiger partial charge in [-0.2, -0.15) is 0 Å². The molecule has 0 aliphatic heterocycles. The van der Waals surface area contributed by atoms with Crippen molar-refractivity contribution in [1.29, 1.82) is 0 Å². The van der Waals surface area contributed by atoms with Gasteiger partial charge in [-0.3, -0.25) is 9.69 Å². The molecule has 0 bridgehead atoms. The van der Waals surface area contributed by atoms with Crippen LogP contribution in [0, 0.1) is 12.7 Å². The maximum atomic E-state index is 13.4. The van der Waals surface area contributed by atoms with Crippen LogP contribution in [0.3, 0.4) is 0 Å². The topological polar surface area (TPSA) is 79.7 Å². The highest BCUT2D eigenvalue weighted by Crippen LogP contribution is 2.29. The van der Waals surface area contributed by atoms with E-state index in [-0.39, 0.29) is 17.4 Å². The van der Waals surface area contributed by atoms with E-state index < -0.39 is 0 Å². The van der Waals surface area contributed by atoms with Crippen molar-refractivity contribution >= 4 is 22.5 Å². The van der Waals surface area contributed by atoms with E-state index in [0.717, 1.165) is 27.6 Å². The number of hydrogen-bond donors (Lipinski definition) is 1. The maximum absolute atomic E-state index is 13.4. The molecule has 7 nitrogen and oxygen atoms in total. The van der Waals surface area contributed by atoms with Crippen molar-refractivity contribution in [2.24, 2.45) is 0 Å². The Morgan fingerprint density at radius 2 is 1.79 bits per heavy atom. The summed E-state index contributed by atoms with van der Waals surface area (Å²) < 4.78 is 15.2. The van der Waals surface area contributed by atoms with Gasteiger partial charge < -0.3 is 4.98 Å². The summed E-state index contributed by atoms with van der Waals surface area (Å²) in [6, 6.07) is 21.7. The van der Waals surface area contributed by atoms with E-state index in [4.69, 9.17) is 11.6 Å². The first-order valence-corrected chi connectivity index (χ1v) is 12.9. The van der Waals surface area contributed by atoms with Gasteiger partial charge in [0.15, 0.2) is 5.82 Å². The van der Waals surface area contributed by atoms with E-state index in [1.54, 1.807) is 16.8 Å². The molecule has 9 heteroatoms. The Labute approximate surface area is 224 Å². The standard InChI is InChI=1S/C29H28ClFN6O/c1-3-27(28-33-34-35-37(28)16-20-9-11-24(31)12-10-20)36(17-21-6-4-5-7-25(21)30)18-23-15-22-14-19(2)8-13-26(22)32-29(23)38/h4-15,27H,3,16-18H2,1-2H3,(H,32,38). The summed E-state index contributed by atoms with van der Waals surface area (Å²) in [4.78, 5) is 18.3. The number of pyridine rings is 1. The summed E-state index contributed by atoms with van der Waals surface area (Å²) in [7, 11) is 0. The molecule has 0 aliphatic carbocycles. The molecular formula is C29H28ClFN6O. The maximum Gasteiger partial charge on any atom is 0.252 e. The summed E-state index contributed by atoms with van der Waals surface area (Å²) in [6.07, 6.45) is 0.693. The fraction of sp³-hybridized carbons (Fsp3) is 0.241. The van der Waals surface area contributed by atoms with E-state index in [1.807, 2.05) is 49.4 Å². The molecule has 1 atom stereocenters. The highest BCUT2D eigenvalue weighted by atomic mass is 35.5. The Hall–Kier alpha value is -3.88. The zero-order chi connectivity index (χ0) is 26.6. The predicted octanol–water partition coefficient (Wildman–Crippen LogP) is 5.82. The molecule has 0 spiro atoms. The number of aromatic nitrogens is 5. The first-order valence-electron chi connectivity index (χ1n) is 12.5. The van der Waals surface area contributed by atoms with E-state index in [2.05, 4.69) is 38.4 Å². The van der Waals surface area contributed by atoms with Gasteiger partial charge in [-0.05, 0) is 76.7 Å². The number of nitrogens with one attached hydrogen (secondary N) is 1. The van der Waals surface area contributed by atoms with Crippen LogP contribution < -0.4 is 5.56 Å². The minimum atomic E-state index is -0.293. The van der Waals surface area contributed by atoms with Crippen LogP contribution in [0.15, 0.2) is 77.6 Å². The third kappa shape index (κ3) is 5.66. The molecule has 38 heavy (non-hydrogen) atoms. The van der Waals surface area contributed by atoms with Gasteiger partial charge in [0.1, 0.15) is 5.82 Å². The molecule has 1 unspecified atom stereocenters. The molecule has 0 saturated heterocycles. The monoisotopic (exact) mass is 530 g/mol. The molecule has 5 rings (SSSR count). The van der Waals surface area contributed by atoms with Gasteiger partial charge >= 0.3 is 0 Å². The van der Waals surface area contributed by atoms with Gasteiger partial charge in [0.25, 0.3) is 5.56 Å². The van der Waals surface area contributed by atoms with Crippen LogP contribution in [0.25, 0.3) is 10.9 Å². The van der Waals surface area contributed by atoms with Crippen molar-refractivity contribution < 1.29 is 4.39 Å². The zero-order valence-corrected chi connectivity index (χ0v) is 22.0. The third-order valence-corrected chi connectivity index (χ3v) is 7.08. The van der Waals surface area contributed by atoms with Gasteiger partial charge in [0.05, 0.1) is 12.6 Å². The normalized spacial score (nSPS) is 12.3. The summed E-state index contributed by atoms with van der Waals surface area (Å²) in [6.45, 7) is 5.35. The van der Waals surface area contributed by atoms with Crippen LogP contribution in [0.1, 0.15) is 47.5 Å². The Morgan fingerprint density at radius 3 is 2.55 bits per heavy atom.